The molecule has 1 N–H and O–H groups in total. The summed E-state index contributed by atoms with van der Waals surface area (Å²) in [6, 6.07) is 8.75. The van der Waals surface area contributed by atoms with E-state index < -0.39 is 0 Å². The molecule has 0 aliphatic heterocycles. The number of nitrogens with one attached hydrogen (secondary N) is 1. The molecule has 3 heteroatoms. The minimum absolute atomic E-state index is 0.0474. The second-order valence-electron chi connectivity index (χ2n) is 4.53. The third-order valence-corrected chi connectivity index (χ3v) is 3.34. The number of carbonyl (C=O) groups excluding carboxylic acids is 1. The van der Waals surface area contributed by atoms with E-state index in [0.717, 1.165) is 18.9 Å². The van der Waals surface area contributed by atoms with Gasteiger partial charge in [0.1, 0.15) is 0 Å². The molecule has 3 nitrogen and oxygen atoms in total. The third-order valence-electron chi connectivity index (χ3n) is 3.34. The van der Waals surface area contributed by atoms with Gasteiger partial charge in [-0.15, -0.1) is 0 Å². The topological polar surface area (TPSA) is 52.9 Å². The van der Waals surface area contributed by atoms with Gasteiger partial charge in [-0.3, -0.25) is 4.79 Å². The van der Waals surface area contributed by atoms with Crippen molar-refractivity contribution in [1.82, 2.24) is 5.32 Å². The molecular formula is C14H16N2O. The molecule has 0 heterocycles. The molecule has 1 aliphatic carbocycles. The van der Waals surface area contributed by atoms with Crippen LogP contribution in [0.1, 0.15) is 41.6 Å². The molecule has 88 valence electrons. The van der Waals surface area contributed by atoms with Crippen LogP contribution >= 0.6 is 0 Å². The normalized spacial score (nSPS) is 14.8. The predicted molar refractivity (Wildman–Crippen MR) is 65.4 cm³/mol. The van der Waals surface area contributed by atoms with Crippen molar-refractivity contribution in [1.29, 1.82) is 5.26 Å². The predicted octanol–water partition coefficient (Wildman–Crippen LogP) is 2.48. The van der Waals surface area contributed by atoms with E-state index in [2.05, 4.69) is 5.32 Å². The van der Waals surface area contributed by atoms with E-state index in [0.29, 0.717) is 11.1 Å². The minimum Gasteiger partial charge on any atom is -0.352 e. The Hall–Kier alpha value is -1.82. The van der Waals surface area contributed by atoms with Crippen LogP contribution in [-0.4, -0.2) is 12.5 Å². The monoisotopic (exact) mass is 228 g/mol. The van der Waals surface area contributed by atoms with E-state index in [1.807, 2.05) is 6.07 Å². The maximum absolute atomic E-state index is 11.7. The molecular weight excluding hydrogens is 212 g/mol. The number of benzene rings is 1. The molecule has 2 rings (SSSR count). The smallest absolute Gasteiger partial charge is 0.251 e. The lowest BCUT2D eigenvalue weighted by Gasteiger charge is -2.25. The second-order valence-corrected chi connectivity index (χ2v) is 4.53. The van der Waals surface area contributed by atoms with E-state index in [1.54, 1.807) is 24.3 Å². The van der Waals surface area contributed by atoms with E-state index in [-0.39, 0.29) is 5.91 Å². The molecule has 1 aromatic rings. The van der Waals surface area contributed by atoms with E-state index in [9.17, 15) is 4.79 Å². The van der Waals surface area contributed by atoms with Crippen LogP contribution in [0.5, 0.6) is 0 Å². The van der Waals surface area contributed by atoms with Gasteiger partial charge in [0.2, 0.25) is 0 Å². The average Bonchev–Trinajstić information content (AvgIpc) is 2.32. The summed E-state index contributed by atoms with van der Waals surface area (Å²) >= 11 is 0. The minimum atomic E-state index is -0.0474. The summed E-state index contributed by atoms with van der Waals surface area (Å²) in [6.07, 6.45) is 5.05. The molecule has 17 heavy (non-hydrogen) atoms. The number of carbonyl (C=O) groups is 1. The fourth-order valence-electron chi connectivity index (χ4n) is 1.97. The second kappa shape index (κ2) is 5.49. The molecule has 0 unspecified atom stereocenters. The summed E-state index contributed by atoms with van der Waals surface area (Å²) in [5.74, 6) is 0.769. The lowest BCUT2D eigenvalue weighted by atomic mass is 9.83. The van der Waals surface area contributed by atoms with E-state index in [4.69, 9.17) is 5.26 Å². The Labute approximate surface area is 101 Å². The summed E-state index contributed by atoms with van der Waals surface area (Å²) in [5, 5.41) is 11.6. The molecule has 0 spiro atoms. The molecule has 1 saturated carbocycles. The molecule has 0 bridgehead atoms. The van der Waals surface area contributed by atoms with Crippen molar-refractivity contribution in [2.45, 2.75) is 25.7 Å². The molecule has 1 aromatic carbocycles. The first-order valence-electron chi connectivity index (χ1n) is 6.08. The van der Waals surface area contributed by atoms with Crippen LogP contribution < -0.4 is 5.32 Å². The molecule has 0 atom stereocenters. The first-order valence-corrected chi connectivity index (χ1v) is 6.08. The summed E-state index contributed by atoms with van der Waals surface area (Å²) in [5.41, 5.74) is 1.20. The van der Waals surface area contributed by atoms with Gasteiger partial charge < -0.3 is 5.32 Å². The Morgan fingerprint density at radius 3 is 2.59 bits per heavy atom. The average molecular weight is 228 g/mol. The Kier molecular flexibility index (Phi) is 3.77. The molecule has 0 aromatic heterocycles. The Morgan fingerprint density at radius 2 is 2.06 bits per heavy atom. The highest BCUT2D eigenvalue weighted by molar-refractivity contribution is 5.94. The Bertz CT molecular complexity index is 427. The SMILES string of the molecule is N#Cc1ccc(C(=O)NCCC2CCC2)cc1. The molecule has 1 amide bonds. The Balaban J connectivity index is 1.79. The van der Waals surface area contributed by atoms with Gasteiger partial charge in [-0.2, -0.15) is 5.26 Å². The molecule has 0 radical (unpaired) electrons. The van der Waals surface area contributed by atoms with Gasteiger partial charge in [-0.1, -0.05) is 19.3 Å². The van der Waals surface area contributed by atoms with Crippen molar-refractivity contribution in [3.8, 4) is 6.07 Å². The van der Waals surface area contributed by atoms with Crippen LogP contribution in [0.3, 0.4) is 0 Å². The largest absolute Gasteiger partial charge is 0.352 e. The van der Waals surface area contributed by atoms with Gasteiger partial charge in [0.15, 0.2) is 0 Å². The van der Waals surface area contributed by atoms with Crippen LogP contribution in [0.15, 0.2) is 24.3 Å². The first-order chi connectivity index (χ1) is 8.29. The van der Waals surface area contributed by atoms with Crippen molar-refractivity contribution in [3.63, 3.8) is 0 Å². The van der Waals surface area contributed by atoms with Gasteiger partial charge >= 0.3 is 0 Å². The van der Waals surface area contributed by atoms with E-state index in [1.165, 1.54) is 19.3 Å². The van der Waals surface area contributed by atoms with Crippen molar-refractivity contribution in [2.75, 3.05) is 6.54 Å². The molecule has 1 aliphatic rings. The van der Waals surface area contributed by atoms with Crippen molar-refractivity contribution in [3.05, 3.63) is 35.4 Å². The third kappa shape index (κ3) is 3.07. The molecule has 0 saturated heterocycles. The maximum Gasteiger partial charge on any atom is 0.251 e. The lowest BCUT2D eigenvalue weighted by Crippen LogP contribution is -2.27. The van der Waals surface area contributed by atoms with E-state index >= 15 is 0 Å². The van der Waals surface area contributed by atoms with Crippen LogP contribution in [0, 0.1) is 17.2 Å². The number of hydrogen-bond acceptors (Lipinski definition) is 2. The zero-order valence-corrected chi connectivity index (χ0v) is 9.78. The van der Waals surface area contributed by atoms with Crippen molar-refractivity contribution < 1.29 is 4.79 Å². The maximum atomic E-state index is 11.7. The standard InChI is InChI=1S/C14H16N2O/c15-10-12-4-6-13(7-5-12)14(17)16-9-8-11-2-1-3-11/h4-7,11H,1-3,8-9H2,(H,16,17). The van der Waals surface area contributed by atoms with Gasteiger partial charge in [0.25, 0.3) is 5.91 Å². The van der Waals surface area contributed by atoms with Crippen molar-refractivity contribution in [2.24, 2.45) is 5.92 Å². The fourth-order valence-corrected chi connectivity index (χ4v) is 1.97. The zero-order valence-electron chi connectivity index (χ0n) is 9.78. The van der Waals surface area contributed by atoms with Crippen LogP contribution in [0.25, 0.3) is 0 Å². The number of hydrogen-bond donors (Lipinski definition) is 1. The van der Waals surface area contributed by atoms with Gasteiger partial charge in [-0.05, 0) is 36.6 Å². The summed E-state index contributed by atoms with van der Waals surface area (Å²) < 4.78 is 0. The van der Waals surface area contributed by atoms with Crippen LogP contribution in [0.2, 0.25) is 0 Å². The number of amides is 1. The zero-order chi connectivity index (χ0) is 12.1. The summed E-state index contributed by atoms with van der Waals surface area (Å²) in [4.78, 5) is 11.7. The number of nitrogens with zero attached hydrogens (tertiary/aromatic N) is 1. The molecule has 1 fully saturated rings. The fraction of sp³-hybridized carbons (Fsp3) is 0.429. The summed E-state index contributed by atoms with van der Waals surface area (Å²) in [6.45, 7) is 0.753. The van der Waals surface area contributed by atoms with Gasteiger partial charge in [-0.25, -0.2) is 0 Å². The quantitative estimate of drug-likeness (QED) is 0.860. The van der Waals surface area contributed by atoms with Crippen LogP contribution in [0.4, 0.5) is 0 Å². The van der Waals surface area contributed by atoms with Gasteiger partial charge in [0.05, 0.1) is 11.6 Å². The number of rotatable bonds is 4. The first kappa shape index (κ1) is 11.7. The highest BCUT2D eigenvalue weighted by Crippen LogP contribution is 2.28. The highest BCUT2D eigenvalue weighted by atomic mass is 16.1. The highest BCUT2D eigenvalue weighted by Gasteiger charge is 2.16. The van der Waals surface area contributed by atoms with Crippen LogP contribution in [-0.2, 0) is 0 Å². The number of nitriles is 1. The van der Waals surface area contributed by atoms with Crippen molar-refractivity contribution >= 4 is 5.91 Å². The summed E-state index contributed by atoms with van der Waals surface area (Å²) in [7, 11) is 0. The Morgan fingerprint density at radius 1 is 1.35 bits per heavy atom. The van der Waals surface area contributed by atoms with Gasteiger partial charge in [0, 0.05) is 12.1 Å². The lowest BCUT2D eigenvalue weighted by molar-refractivity contribution is 0.0949.